The van der Waals surface area contributed by atoms with Crippen LogP contribution in [0, 0.1) is 5.41 Å². The van der Waals surface area contributed by atoms with Crippen molar-refractivity contribution >= 4 is 21.6 Å². The van der Waals surface area contributed by atoms with Crippen LogP contribution in [0.25, 0.3) is 0 Å². The lowest BCUT2D eigenvalue weighted by molar-refractivity contribution is -0.126. The average molecular weight is 299 g/mol. The number of phenolic OH excluding ortho intramolecular Hbond substituents is 1. The second-order valence-corrected chi connectivity index (χ2v) is 7.17. The zero-order valence-electron chi connectivity index (χ0n) is 11.0. The minimum Gasteiger partial charge on any atom is -0.506 e. The molecule has 1 heterocycles. The summed E-state index contributed by atoms with van der Waals surface area (Å²) in [4.78, 5) is 11.4. The van der Waals surface area contributed by atoms with Crippen molar-refractivity contribution in [2.45, 2.75) is 18.2 Å². The molecule has 1 aromatic rings. The molecular weight excluding hydrogens is 282 g/mol. The van der Waals surface area contributed by atoms with Crippen LogP contribution in [-0.2, 0) is 14.8 Å². The molecule has 1 amide bonds. The van der Waals surface area contributed by atoms with Gasteiger partial charge in [0.05, 0.1) is 16.0 Å². The second-order valence-electron chi connectivity index (χ2n) is 5.23. The molecule has 2 rings (SSSR count). The van der Waals surface area contributed by atoms with Gasteiger partial charge in [0.1, 0.15) is 5.75 Å². The summed E-state index contributed by atoms with van der Waals surface area (Å²) in [6, 6.07) is 3.71. The smallest absolute Gasteiger partial charge is 0.243 e. The topological polar surface area (TPSA) is 127 Å². The Morgan fingerprint density at radius 1 is 1.45 bits per heavy atom. The van der Waals surface area contributed by atoms with Crippen molar-refractivity contribution in [3.8, 4) is 5.75 Å². The molecule has 0 aromatic heterocycles. The fraction of sp³-hybridized carbons (Fsp3) is 0.417. The van der Waals surface area contributed by atoms with Gasteiger partial charge < -0.3 is 16.6 Å². The standard InChI is InChI=1S/C12H17N3O4S/c1-12(11(14)17)4-5-15(7-12)20(18,19)8-2-3-10(16)9(13)6-8/h2-3,6,16H,4-5,7,13H2,1H3,(H2,14,17). The Balaban J connectivity index is 2.33. The van der Waals surface area contributed by atoms with Gasteiger partial charge in [0, 0.05) is 13.1 Å². The van der Waals surface area contributed by atoms with Crippen molar-refractivity contribution in [2.75, 3.05) is 18.8 Å². The van der Waals surface area contributed by atoms with Crippen molar-refractivity contribution in [3.05, 3.63) is 18.2 Å². The number of carbonyl (C=O) groups is 1. The van der Waals surface area contributed by atoms with Crippen LogP contribution < -0.4 is 11.5 Å². The number of hydrogen-bond donors (Lipinski definition) is 3. The Bertz CT molecular complexity index is 659. The summed E-state index contributed by atoms with van der Waals surface area (Å²) >= 11 is 0. The van der Waals surface area contributed by atoms with Crippen LogP contribution >= 0.6 is 0 Å². The summed E-state index contributed by atoms with van der Waals surface area (Å²) in [6.07, 6.45) is 0.384. The Kier molecular flexibility index (Phi) is 3.39. The molecule has 0 spiro atoms. The van der Waals surface area contributed by atoms with Gasteiger partial charge in [-0.2, -0.15) is 4.31 Å². The summed E-state index contributed by atoms with van der Waals surface area (Å²) in [7, 11) is -3.75. The van der Waals surface area contributed by atoms with Gasteiger partial charge in [-0.1, -0.05) is 0 Å². The fourth-order valence-electron chi connectivity index (χ4n) is 2.17. The highest BCUT2D eigenvalue weighted by Gasteiger charge is 2.43. The Hall–Kier alpha value is -1.80. The lowest BCUT2D eigenvalue weighted by Gasteiger charge is -2.21. The third-order valence-corrected chi connectivity index (χ3v) is 5.51. The predicted molar refractivity (Wildman–Crippen MR) is 73.2 cm³/mol. The van der Waals surface area contributed by atoms with Gasteiger partial charge in [-0.15, -0.1) is 0 Å². The summed E-state index contributed by atoms with van der Waals surface area (Å²) in [5.41, 5.74) is 9.95. The first-order chi connectivity index (χ1) is 9.17. The molecule has 1 aromatic carbocycles. The van der Waals surface area contributed by atoms with Gasteiger partial charge in [0.25, 0.3) is 0 Å². The number of anilines is 1. The van der Waals surface area contributed by atoms with Crippen LogP contribution in [0.1, 0.15) is 13.3 Å². The number of rotatable bonds is 3. The molecule has 1 unspecified atom stereocenters. The van der Waals surface area contributed by atoms with Crippen LogP contribution in [0.4, 0.5) is 5.69 Å². The first-order valence-electron chi connectivity index (χ1n) is 6.05. The number of aromatic hydroxyl groups is 1. The van der Waals surface area contributed by atoms with E-state index >= 15 is 0 Å². The molecule has 0 radical (unpaired) electrons. The van der Waals surface area contributed by atoms with Gasteiger partial charge in [0.15, 0.2) is 0 Å². The van der Waals surface area contributed by atoms with Gasteiger partial charge in [-0.05, 0) is 31.5 Å². The average Bonchev–Trinajstić information content (AvgIpc) is 2.77. The number of hydrogen-bond acceptors (Lipinski definition) is 5. The zero-order valence-corrected chi connectivity index (χ0v) is 11.9. The highest BCUT2D eigenvalue weighted by molar-refractivity contribution is 7.89. The predicted octanol–water partition coefficient (Wildman–Crippen LogP) is -0.140. The van der Waals surface area contributed by atoms with Crippen molar-refractivity contribution in [1.29, 1.82) is 0 Å². The van der Waals surface area contributed by atoms with E-state index in [0.717, 1.165) is 0 Å². The van der Waals surface area contributed by atoms with Gasteiger partial charge in [0.2, 0.25) is 15.9 Å². The van der Waals surface area contributed by atoms with Gasteiger partial charge in [-0.25, -0.2) is 8.42 Å². The molecule has 1 atom stereocenters. The molecule has 8 heteroatoms. The molecule has 1 aliphatic rings. The Morgan fingerprint density at radius 2 is 2.10 bits per heavy atom. The first-order valence-corrected chi connectivity index (χ1v) is 7.49. The minimum absolute atomic E-state index is 0.0112. The largest absolute Gasteiger partial charge is 0.506 e. The molecule has 110 valence electrons. The van der Waals surface area contributed by atoms with E-state index in [4.69, 9.17) is 11.5 Å². The van der Waals surface area contributed by atoms with E-state index in [2.05, 4.69) is 0 Å². The molecule has 20 heavy (non-hydrogen) atoms. The van der Waals surface area contributed by atoms with E-state index in [0.29, 0.717) is 6.42 Å². The normalized spacial score (nSPS) is 23.9. The molecule has 0 aliphatic carbocycles. The summed E-state index contributed by atoms with van der Waals surface area (Å²) in [6.45, 7) is 1.92. The van der Waals surface area contributed by atoms with E-state index in [9.17, 15) is 18.3 Å². The van der Waals surface area contributed by atoms with Crippen LogP contribution in [0.3, 0.4) is 0 Å². The molecule has 5 N–H and O–H groups in total. The molecule has 1 saturated heterocycles. The van der Waals surface area contributed by atoms with Gasteiger partial charge in [-0.3, -0.25) is 4.79 Å². The molecule has 7 nitrogen and oxygen atoms in total. The number of nitrogen functional groups attached to an aromatic ring is 1. The lowest BCUT2D eigenvalue weighted by atomic mass is 9.89. The van der Waals surface area contributed by atoms with E-state index in [1.165, 1.54) is 22.5 Å². The molecule has 0 saturated carbocycles. The molecule has 1 aliphatic heterocycles. The van der Waals surface area contributed by atoms with E-state index in [-0.39, 0.29) is 29.4 Å². The summed E-state index contributed by atoms with van der Waals surface area (Å²) in [5.74, 6) is -0.687. The summed E-state index contributed by atoms with van der Waals surface area (Å²) < 4.78 is 26.1. The van der Waals surface area contributed by atoms with Crippen LogP contribution in [0.2, 0.25) is 0 Å². The number of primary amides is 1. The number of benzene rings is 1. The maximum Gasteiger partial charge on any atom is 0.243 e. The zero-order chi connectivity index (χ0) is 15.1. The Morgan fingerprint density at radius 3 is 2.60 bits per heavy atom. The highest BCUT2D eigenvalue weighted by atomic mass is 32.2. The van der Waals surface area contributed by atoms with E-state index in [1.54, 1.807) is 6.92 Å². The SMILES string of the molecule is CC1(C(N)=O)CCN(S(=O)(=O)c2ccc(O)c(N)c2)C1. The van der Waals surface area contributed by atoms with Crippen LogP contribution in [0.5, 0.6) is 5.75 Å². The maximum atomic E-state index is 12.4. The second kappa shape index (κ2) is 4.64. The van der Waals surface area contributed by atoms with E-state index in [1.807, 2.05) is 0 Å². The van der Waals surface area contributed by atoms with Crippen LogP contribution in [0.15, 0.2) is 23.1 Å². The van der Waals surface area contributed by atoms with Crippen molar-refractivity contribution in [1.82, 2.24) is 4.31 Å². The van der Waals surface area contributed by atoms with Crippen molar-refractivity contribution in [3.63, 3.8) is 0 Å². The Labute approximate surface area is 117 Å². The maximum absolute atomic E-state index is 12.4. The number of phenols is 1. The van der Waals surface area contributed by atoms with Gasteiger partial charge >= 0.3 is 0 Å². The number of nitrogens with zero attached hydrogens (tertiary/aromatic N) is 1. The number of amides is 1. The van der Waals surface area contributed by atoms with Crippen molar-refractivity contribution in [2.24, 2.45) is 11.1 Å². The molecular formula is C12H17N3O4S. The third-order valence-electron chi connectivity index (χ3n) is 3.67. The summed E-state index contributed by atoms with van der Waals surface area (Å²) in [5, 5.41) is 9.34. The first kappa shape index (κ1) is 14.6. The van der Waals surface area contributed by atoms with E-state index < -0.39 is 21.3 Å². The third kappa shape index (κ3) is 2.32. The van der Waals surface area contributed by atoms with Crippen LogP contribution in [-0.4, -0.2) is 36.8 Å². The quantitative estimate of drug-likeness (QED) is 0.529. The highest BCUT2D eigenvalue weighted by Crippen LogP contribution is 2.34. The molecule has 1 fully saturated rings. The minimum atomic E-state index is -3.75. The van der Waals surface area contributed by atoms with Crippen molar-refractivity contribution < 1.29 is 18.3 Å². The number of nitrogens with two attached hydrogens (primary N) is 2. The lowest BCUT2D eigenvalue weighted by Crippen LogP contribution is -2.38. The number of sulfonamides is 1. The number of carbonyl (C=O) groups excluding carboxylic acids is 1. The monoisotopic (exact) mass is 299 g/mol. The fourth-order valence-corrected chi connectivity index (χ4v) is 3.77. The molecule has 0 bridgehead atoms.